The van der Waals surface area contributed by atoms with Crippen LogP contribution in [0.2, 0.25) is 0 Å². The van der Waals surface area contributed by atoms with Crippen LogP contribution in [0.15, 0.2) is 24.3 Å². The standard InChI is InChI=1S/C40H40F6O10/c1-9-51-33-25(19-15-21(41)31(45)22(42)16-19)29(39(47)49-7)27(35(53-11-3)37(33)55-13-5)28-30(40(48)50-8)26(20-17-23(43)32(46)24(44)18-20)34(52-10-2)38(56-14-6)36(28)54-12-4/h15-18H,9-14H2,1-8H3. The summed E-state index contributed by atoms with van der Waals surface area (Å²) in [6.45, 7) is 8.71. The fourth-order valence-corrected chi connectivity index (χ4v) is 6.08. The van der Waals surface area contributed by atoms with Crippen molar-refractivity contribution < 1.29 is 73.8 Å². The minimum absolute atomic E-state index is 0.0994. The van der Waals surface area contributed by atoms with Crippen molar-refractivity contribution in [3.05, 3.63) is 70.3 Å². The van der Waals surface area contributed by atoms with Crippen molar-refractivity contribution in [3.8, 4) is 67.9 Å². The number of esters is 2. The van der Waals surface area contributed by atoms with Crippen molar-refractivity contribution in [2.75, 3.05) is 53.9 Å². The summed E-state index contributed by atoms with van der Waals surface area (Å²) < 4.78 is 136. The zero-order chi connectivity index (χ0) is 41.4. The molecule has 0 unspecified atom stereocenters. The number of hydrogen-bond acceptors (Lipinski definition) is 10. The number of ether oxygens (including phenoxy) is 8. The van der Waals surface area contributed by atoms with Gasteiger partial charge in [0, 0.05) is 22.3 Å². The lowest BCUT2D eigenvalue weighted by molar-refractivity contribution is 0.0589. The number of carbonyl (C=O) groups excluding carboxylic acids is 2. The summed E-state index contributed by atoms with van der Waals surface area (Å²) in [6, 6.07) is 2.41. The highest BCUT2D eigenvalue weighted by atomic mass is 19.2. The Kier molecular flexibility index (Phi) is 14.3. The van der Waals surface area contributed by atoms with Crippen LogP contribution < -0.4 is 28.4 Å². The van der Waals surface area contributed by atoms with Gasteiger partial charge in [-0.2, -0.15) is 0 Å². The topological polar surface area (TPSA) is 108 Å². The van der Waals surface area contributed by atoms with Crippen LogP contribution in [-0.2, 0) is 9.47 Å². The molecule has 10 nitrogen and oxygen atoms in total. The van der Waals surface area contributed by atoms with Gasteiger partial charge >= 0.3 is 11.9 Å². The molecule has 0 bridgehead atoms. The van der Waals surface area contributed by atoms with Gasteiger partial charge in [-0.25, -0.2) is 35.9 Å². The molecule has 0 fully saturated rings. The van der Waals surface area contributed by atoms with Gasteiger partial charge in [0.2, 0.25) is 11.5 Å². The number of hydrogen-bond donors (Lipinski definition) is 0. The van der Waals surface area contributed by atoms with Crippen LogP contribution in [0.3, 0.4) is 0 Å². The van der Waals surface area contributed by atoms with Gasteiger partial charge in [-0.05, 0) is 76.9 Å². The molecule has 0 aromatic heterocycles. The summed E-state index contributed by atoms with van der Waals surface area (Å²) in [5.74, 6) is -14.4. The van der Waals surface area contributed by atoms with E-state index in [0.29, 0.717) is 24.3 Å². The van der Waals surface area contributed by atoms with Crippen molar-refractivity contribution in [1.82, 2.24) is 0 Å². The monoisotopic (exact) mass is 794 g/mol. The van der Waals surface area contributed by atoms with Gasteiger partial charge in [0.1, 0.15) is 0 Å². The SMILES string of the molecule is CCOc1c(OCC)c(-c2cc(F)c(F)c(F)c2)c(C(=O)OC)c(-c2c(OCC)c(OCC)c(OCC)c(-c3cc(F)c(F)c(F)c3)c2C(=O)OC)c1OCC. The second kappa shape index (κ2) is 18.7. The van der Waals surface area contributed by atoms with Crippen molar-refractivity contribution in [2.24, 2.45) is 0 Å². The Balaban J connectivity index is 2.59. The first-order valence-electron chi connectivity index (χ1n) is 17.5. The minimum atomic E-state index is -1.81. The molecule has 0 radical (unpaired) electrons. The molecule has 4 aromatic rings. The van der Waals surface area contributed by atoms with E-state index in [9.17, 15) is 18.4 Å². The van der Waals surface area contributed by atoms with E-state index in [1.54, 1.807) is 41.5 Å². The Labute approximate surface area is 319 Å². The normalized spacial score (nSPS) is 10.9. The van der Waals surface area contributed by atoms with Crippen LogP contribution in [0.5, 0.6) is 34.5 Å². The van der Waals surface area contributed by atoms with E-state index in [1.807, 2.05) is 0 Å². The van der Waals surface area contributed by atoms with Gasteiger partial charge in [-0.1, -0.05) is 0 Å². The number of rotatable bonds is 17. The van der Waals surface area contributed by atoms with E-state index in [2.05, 4.69) is 0 Å². The van der Waals surface area contributed by atoms with Crippen molar-refractivity contribution in [2.45, 2.75) is 41.5 Å². The van der Waals surface area contributed by atoms with Gasteiger partial charge in [0.15, 0.2) is 57.9 Å². The molecule has 0 aliphatic rings. The summed E-state index contributed by atoms with van der Waals surface area (Å²) >= 11 is 0. The average Bonchev–Trinajstić information content (AvgIpc) is 3.17. The molecular formula is C40H40F6O10. The third-order valence-corrected chi connectivity index (χ3v) is 8.04. The molecule has 4 aromatic carbocycles. The summed E-state index contributed by atoms with van der Waals surface area (Å²) in [6.07, 6.45) is 0. The molecule has 0 aliphatic carbocycles. The molecule has 302 valence electrons. The molecule has 16 heteroatoms. The molecule has 0 N–H and O–H groups in total. The molecule has 0 aliphatic heterocycles. The highest BCUT2D eigenvalue weighted by Gasteiger charge is 2.41. The van der Waals surface area contributed by atoms with Gasteiger partial charge in [0.05, 0.1) is 65.0 Å². The van der Waals surface area contributed by atoms with Crippen molar-refractivity contribution >= 4 is 11.9 Å². The molecule has 56 heavy (non-hydrogen) atoms. The fourth-order valence-electron chi connectivity index (χ4n) is 6.08. The number of benzene rings is 4. The highest BCUT2D eigenvalue weighted by molar-refractivity contribution is 6.15. The van der Waals surface area contributed by atoms with E-state index in [4.69, 9.17) is 37.9 Å². The summed E-state index contributed by atoms with van der Waals surface area (Å²) in [5, 5.41) is 0. The zero-order valence-electron chi connectivity index (χ0n) is 31.9. The lowest BCUT2D eigenvalue weighted by Crippen LogP contribution is -2.17. The highest BCUT2D eigenvalue weighted by Crippen LogP contribution is 2.60. The summed E-state index contributed by atoms with van der Waals surface area (Å²) in [4.78, 5) is 28.6. The van der Waals surface area contributed by atoms with Gasteiger partial charge in [-0.3, -0.25) is 0 Å². The Hall–Kier alpha value is -5.80. The molecule has 0 saturated carbocycles. The second-order valence-corrected chi connectivity index (χ2v) is 11.3. The number of carbonyl (C=O) groups is 2. The third kappa shape index (κ3) is 7.95. The number of halogens is 6. The molecule has 0 spiro atoms. The molecule has 4 rings (SSSR count). The van der Waals surface area contributed by atoms with Gasteiger partial charge < -0.3 is 37.9 Å². The maximum Gasteiger partial charge on any atom is 0.339 e. The summed E-state index contributed by atoms with van der Waals surface area (Å²) in [5.41, 5.74) is -3.74. The van der Waals surface area contributed by atoms with Crippen molar-refractivity contribution in [1.29, 1.82) is 0 Å². The maximum atomic E-state index is 15.1. The molecule has 0 saturated heterocycles. The summed E-state index contributed by atoms with van der Waals surface area (Å²) in [7, 11) is 1.98. The Morgan fingerprint density at radius 2 is 0.643 bits per heavy atom. The molecule has 0 atom stereocenters. The van der Waals surface area contributed by atoms with E-state index in [1.165, 1.54) is 0 Å². The van der Waals surface area contributed by atoms with Crippen LogP contribution in [0.1, 0.15) is 62.3 Å². The zero-order valence-corrected chi connectivity index (χ0v) is 31.9. The van der Waals surface area contributed by atoms with Crippen LogP contribution in [0.25, 0.3) is 33.4 Å². The first kappa shape index (κ1) is 42.9. The first-order chi connectivity index (χ1) is 26.8. The molecule has 0 amide bonds. The van der Waals surface area contributed by atoms with E-state index in [-0.39, 0.29) is 74.1 Å². The predicted octanol–water partition coefficient (Wildman–Crippen LogP) is 9.49. The van der Waals surface area contributed by atoms with Gasteiger partial charge in [0.25, 0.3) is 0 Å². The Bertz CT molecular complexity index is 1930. The van der Waals surface area contributed by atoms with Crippen LogP contribution in [0.4, 0.5) is 26.3 Å². The molecule has 0 heterocycles. The van der Waals surface area contributed by atoms with E-state index in [0.717, 1.165) is 14.2 Å². The first-order valence-corrected chi connectivity index (χ1v) is 17.5. The van der Waals surface area contributed by atoms with E-state index >= 15 is 17.6 Å². The second-order valence-electron chi connectivity index (χ2n) is 11.3. The average molecular weight is 795 g/mol. The Morgan fingerprint density at radius 1 is 0.411 bits per heavy atom. The van der Waals surface area contributed by atoms with Gasteiger partial charge in [-0.15, -0.1) is 0 Å². The fraction of sp³-hybridized carbons (Fsp3) is 0.350. The number of methoxy groups -OCH3 is 2. The van der Waals surface area contributed by atoms with Crippen LogP contribution >= 0.6 is 0 Å². The lowest BCUT2D eigenvalue weighted by atomic mass is 9.83. The molecular weight excluding hydrogens is 754 g/mol. The smallest absolute Gasteiger partial charge is 0.339 e. The van der Waals surface area contributed by atoms with Crippen molar-refractivity contribution in [3.63, 3.8) is 0 Å². The third-order valence-electron chi connectivity index (χ3n) is 8.04. The Morgan fingerprint density at radius 3 is 0.875 bits per heavy atom. The lowest BCUT2D eigenvalue weighted by Gasteiger charge is -2.29. The quantitative estimate of drug-likeness (QED) is 0.0583. The largest absolute Gasteiger partial charge is 0.489 e. The van der Waals surface area contributed by atoms with Crippen LogP contribution in [-0.4, -0.2) is 65.8 Å². The maximum absolute atomic E-state index is 15.1. The predicted molar refractivity (Wildman–Crippen MR) is 192 cm³/mol. The van der Waals surface area contributed by atoms with Crippen LogP contribution in [0, 0.1) is 34.9 Å². The van der Waals surface area contributed by atoms with E-state index < -0.39 is 91.3 Å². The minimum Gasteiger partial charge on any atom is -0.489 e.